The molecule has 0 aliphatic heterocycles. The van der Waals surface area contributed by atoms with Gasteiger partial charge in [-0.05, 0) is 6.26 Å². The van der Waals surface area contributed by atoms with Gasteiger partial charge in [0.1, 0.15) is 0 Å². The van der Waals surface area contributed by atoms with Crippen LogP contribution in [0.1, 0.15) is 13.8 Å². The first-order valence-corrected chi connectivity index (χ1v) is 5.37. The van der Waals surface area contributed by atoms with E-state index < -0.39 is 0 Å². The van der Waals surface area contributed by atoms with Crippen LogP contribution in [0.4, 0.5) is 0 Å². The van der Waals surface area contributed by atoms with Crippen molar-refractivity contribution in [1.29, 1.82) is 0 Å². The van der Waals surface area contributed by atoms with Gasteiger partial charge in [-0.1, -0.05) is 37.4 Å². The Morgan fingerprint density at radius 1 is 1.27 bits per heavy atom. The second kappa shape index (κ2) is 4.01. The van der Waals surface area contributed by atoms with Crippen molar-refractivity contribution in [2.45, 2.75) is 29.5 Å². The van der Waals surface area contributed by atoms with E-state index >= 15 is 0 Å². The molecule has 3 nitrogen and oxygen atoms in total. The van der Waals surface area contributed by atoms with Gasteiger partial charge in [0.15, 0.2) is 0 Å². The van der Waals surface area contributed by atoms with E-state index in [1.165, 1.54) is 11.8 Å². The number of thioether (sulfide) groups is 2. The van der Waals surface area contributed by atoms with Gasteiger partial charge in [-0.25, -0.2) is 0 Å². The standard InChI is InChI=1S/C6H10N2OS2/c1-4(2)11-6-8-7-5(9-6)10-3/h4H,1-3H3. The number of rotatable bonds is 3. The summed E-state index contributed by atoms with van der Waals surface area (Å²) in [5.74, 6) is 0. The Bertz CT molecular complexity index is 224. The van der Waals surface area contributed by atoms with E-state index in [4.69, 9.17) is 4.42 Å². The van der Waals surface area contributed by atoms with Crippen LogP contribution in [0.25, 0.3) is 0 Å². The van der Waals surface area contributed by atoms with Gasteiger partial charge < -0.3 is 4.42 Å². The Morgan fingerprint density at radius 2 is 1.91 bits per heavy atom. The summed E-state index contributed by atoms with van der Waals surface area (Å²) in [7, 11) is 0. The Hall–Kier alpha value is -0.160. The maximum Gasteiger partial charge on any atom is 0.277 e. The van der Waals surface area contributed by atoms with Gasteiger partial charge in [0.05, 0.1) is 0 Å². The Kier molecular flexibility index (Phi) is 3.26. The highest BCUT2D eigenvalue weighted by Crippen LogP contribution is 2.23. The van der Waals surface area contributed by atoms with Crippen molar-refractivity contribution >= 4 is 23.5 Å². The van der Waals surface area contributed by atoms with E-state index in [0.29, 0.717) is 15.7 Å². The van der Waals surface area contributed by atoms with Crippen molar-refractivity contribution in [2.75, 3.05) is 6.26 Å². The van der Waals surface area contributed by atoms with Crippen molar-refractivity contribution in [2.24, 2.45) is 0 Å². The van der Waals surface area contributed by atoms with Gasteiger partial charge in [-0.3, -0.25) is 0 Å². The van der Waals surface area contributed by atoms with Gasteiger partial charge in [0, 0.05) is 5.25 Å². The van der Waals surface area contributed by atoms with Crippen molar-refractivity contribution in [3.8, 4) is 0 Å². The summed E-state index contributed by atoms with van der Waals surface area (Å²) in [5, 5.41) is 9.45. The number of nitrogens with zero attached hydrogens (tertiary/aromatic N) is 2. The SMILES string of the molecule is CSc1nnc(SC(C)C)o1. The molecule has 0 spiro atoms. The summed E-state index contributed by atoms with van der Waals surface area (Å²) in [6, 6.07) is 0. The van der Waals surface area contributed by atoms with Gasteiger partial charge >= 0.3 is 0 Å². The fourth-order valence-electron chi connectivity index (χ4n) is 0.529. The molecular formula is C6H10N2OS2. The van der Waals surface area contributed by atoms with Crippen molar-refractivity contribution in [3.63, 3.8) is 0 Å². The van der Waals surface area contributed by atoms with E-state index in [9.17, 15) is 0 Å². The molecule has 5 heteroatoms. The highest BCUT2D eigenvalue weighted by molar-refractivity contribution is 7.99. The number of hydrogen-bond acceptors (Lipinski definition) is 5. The molecule has 0 saturated heterocycles. The molecule has 0 fully saturated rings. The Balaban J connectivity index is 2.58. The molecule has 0 amide bonds. The minimum Gasteiger partial charge on any atom is -0.406 e. The Morgan fingerprint density at radius 3 is 2.36 bits per heavy atom. The predicted molar refractivity (Wildman–Crippen MR) is 47.1 cm³/mol. The van der Waals surface area contributed by atoms with E-state index in [1.807, 2.05) is 6.26 Å². The number of aromatic nitrogens is 2. The van der Waals surface area contributed by atoms with Crippen LogP contribution in [0.15, 0.2) is 14.9 Å². The minimum absolute atomic E-state index is 0.491. The van der Waals surface area contributed by atoms with Gasteiger partial charge in [0.25, 0.3) is 10.4 Å². The van der Waals surface area contributed by atoms with E-state index in [1.54, 1.807) is 11.8 Å². The van der Waals surface area contributed by atoms with Gasteiger partial charge in [-0.2, -0.15) is 0 Å². The molecule has 1 heterocycles. The third-order valence-electron chi connectivity index (χ3n) is 0.899. The molecule has 1 aromatic heterocycles. The van der Waals surface area contributed by atoms with Crippen LogP contribution in [-0.4, -0.2) is 21.7 Å². The highest BCUT2D eigenvalue weighted by atomic mass is 32.2. The van der Waals surface area contributed by atoms with Crippen LogP contribution in [0.5, 0.6) is 0 Å². The molecule has 62 valence electrons. The lowest BCUT2D eigenvalue weighted by Gasteiger charge is -1.95. The summed E-state index contributed by atoms with van der Waals surface area (Å²) < 4.78 is 5.25. The summed E-state index contributed by atoms with van der Waals surface area (Å²) in [6.07, 6.45) is 1.91. The normalized spacial score (nSPS) is 10.9. The lowest BCUT2D eigenvalue weighted by atomic mass is 10.6. The third-order valence-corrected chi connectivity index (χ3v) is 2.25. The van der Waals surface area contributed by atoms with Crippen molar-refractivity contribution < 1.29 is 4.42 Å². The molecule has 0 aromatic carbocycles. The highest BCUT2D eigenvalue weighted by Gasteiger charge is 2.06. The second-order valence-corrected chi connectivity index (χ2v) is 4.49. The zero-order valence-corrected chi connectivity index (χ0v) is 8.33. The molecule has 0 bridgehead atoms. The molecule has 0 aliphatic rings. The fraction of sp³-hybridized carbons (Fsp3) is 0.667. The average molecular weight is 190 g/mol. The third kappa shape index (κ3) is 2.75. The molecule has 1 aromatic rings. The predicted octanol–water partition coefficient (Wildman–Crippen LogP) is 2.29. The first-order chi connectivity index (χ1) is 5.22. The van der Waals surface area contributed by atoms with Crippen LogP contribution in [-0.2, 0) is 0 Å². The van der Waals surface area contributed by atoms with Crippen LogP contribution in [0, 0.1) is 0 Å². The summed E-state index contributed by atoms with van der Waals surface area (Å²) >= 11 is 3.04. The molecule has 1 rings (SSSR count). The summed E-state index contributed by atoms with van der Waals surface area (Å²) in [4.78, 5) is 0. The number of hydrogen-bond donors (Lipinski definition) is 0. The molecule has 0 radical (unpaired) electrons. The monoisotopic (exact) mass is 190 g/mol. The van der Waals surface area contributed by atoms with Crippen molar-refractivity contribution in [3.05, 3.63) is 0 Å². The van der Waals surface area contributed by atoms with Gasteiger partial charge in [0.2, 0.25) is 0 Å². The summed E-state index contributed by atoms with van der Waals surface area (Å²) in [5.41, 5.74) is 0. The van der Waals surface area contributed by atoms with E-state index in [0.717, 1.165) is 0 Å². The first kappa shape index (κ1) is 8.93. The quantitative estimate of drug-likeness (QED) is 0.684. The first-order valence-electron chi connectivity index (χ1n) is 3.26. The lowest BCUT2D eigenvalue weighted by Crippen LogP contribution is -1.84. The maximum atomic E-state index is 5.25. The van der Waals surface area contributed by atoms with Crippen molar-refractivity contribution in [1.82, 2.24) is 10.2 Å². The van der Waals surface area contributed by atoms with Crippen LogP contribution >= 0.6 is 23.5 Å². The molecule has 0 aliphatic carbocycles. The van der Waals surface area contributed by atoms with E-state index in [-0.39, 0.29) is 0 Å². The van der Waals surface area contributed by atoms with E-state index in [2.05, 4.69) is 24.0 Å². The van der Waals surface area contributed by atoms with Crippen LogP contribution in [0.2, 0.25) is 0 Å². The Labute approximate surface area is 74.3 Å². The zero-order valence-electron chi connectivity index (χ0n) is 6.70. The molecule has 11 heavy (non-hydrogen) atoms. The fourth-order valence-corrected chi connectivity index (χ4v) is 1.48. The molecular weight excluding hydrogens is 180 g/mol. The smallest absolute Gasteiger partial charge is 0.277 e. The molecule has 0 saturated carbocycles. The minimum atomic E-state index is 0.491. The second-order valence-electron chi connectivity index (χ2n) is 2.20. The molecule has 0 atom stereocenters. The summed E-state index contributed by atoms with van der Waals surface area (Å²) in [6.45, 7) is 4.18. The molecule has 0 N–H and O–H groups in total. The maximum absolute atomic E-state index is 5.25. The average Bonchev–Trinajstić information content (AvgIpc) is 2.34. The molecule has 0 unspecified atom stereocenters. The zero-order chi connectivity index (χ0) is 8.27. The van der Waals surface area contributed by atoms with Crippen LogP contribution in [0.3, 0.4) is 0 Å². The topological polar surface area (TPSA) is 38.9 Å². The van der Waals surface area contributed by atoms with Crippen LogP contribution < -0.4 is 0 Å². The van der Waals surface area contributed by atoms with Gasteiger partial charge in [-0.15, -0.1) is 10.2 Å². The largest absolute Gasteiger partial charge is 0.406 e. The lowest BCUT2D eigenvalue weighted by molar-refractivity contribution is 0.377.